The molecule has 0 saturated carbocycles. The van der Waals surface area contributed by atoms with E-state index >= 15 is 0 Å². The van der Waals surface area contributed by atoms with Crippen LogP contribution in [0.5, 0.6) is 0 Å². The lowest BCUT2D eigenvalue weighted by molar-refractivity contribution is -0.111. The molecule has 0 amide bonds. The number of likely N-dealkylation sites (tertiary alicyclic amines) is 1. The Labute approximate surface area is 53.4 Å². The topological polar surface area (TPSA) is 20.3 Å². The highest BCUT2D eigenvalue weighted by atomic mass is 35.5. The monoisotopic (exact) mass is 133 g/mol. The lowest BCUT2D eigenvalue weighted by atomic mass is 10.2. The predicted octanol–water partition coefficient (Wildman–Crippen LogP) is 0.456. The molecular weight excluding hydrogens is 126 g/mol. The second kappa shape index (κ2) is 2.46. The number of carbonyl (C=O) groups excluding carboxylic acids is 1. The summed E-state index contributed by atoms with van der Waals surface area (Å²) in [6.45, 7) is 1.96. The molecule has 0 unspecified atom stereocenters. The van der Waals surface area contributed by atoms with Gasteiger partial charge in [-0.15, -0.1) is 0 Å². The maximum atomic E-state index is 9.97. The molecule has 2 nitrogen and oxygen atoms in total. The number of aldehydes is 1. The Morgan fingerprint density at radius 3 is 2.38 bits per heavy atom. The van der Waals surface area contributed by atoms with Gasteiger partial charge in [0, 0.05) is 13.1 Å². The number of nitrogens with zero attached hydrogens (tertiary/aromatic N) is 1. The van der Waals surface area contributed by atoms with Crippen LogP contribution in [-0.4, -0.2) is 29.8 Å². The zero-order valence-electron chi connectivity index (χ0n) is 4.51. The first-order valence-corrected chi connectivity index (χ1v) is 3.11. The molecule has 3 heteroatoms. The van der Waals surface area contributed by atoms with Gasteiger partial charge in [0.05, 0.1) is 0 Å². The largest absolute Gasteiger partial charge is 0.300 e. The summed E-state index contributed by atoms with van der Waals surface area (Å²) in [6, 6.07) is 0. The van der Waals surface area contributed by atoms with Crippen LogP contribution in [0.1, 0.15) is 6.42 Å². The molecule has 1 aliphatic heterocycles. The number of hydrogen-bond acceptors (Lipinski definition) is 2. The fourth-order valence-corrected chi connectivity index (χ4v) is 0.869. The first kappa shape index (κ1) is 6.05. The van der Waals surface area contributed by atoms with Crippen molar-refractivity contribution in [2.75, 3.05) is 13.1 Å². The molecule has 1 fully saturated rings. The number of carbonyl (C=O) groups is 1. The van der Waals surface area contributed by atoms with Gasteiger partial charge in [0.2, 0.25) is 0 Å². The first-order chi connectivity index (χ1) is 3.84. The molecule has 46 valence electrons. The van der Waals surface area contributed by atoms with Crippen LogP contribution in [-0.2, 0) is 4.79 Å². The molecule has 1 atom stereocenters. The van der Waals surface area contributed by atoms with Crippen molar-refractivity contribution in [1.29, 1.82) is 0 Å². The summed E-state index contributed by atoms with van der Waals surface area (Å²) in [4.78, 5) is 11.9. The minimum absolute atomic E-state index is 0.372. The van der Waals surface area contributed by atoms with Gasteiger partial charge in [0.25, 0.3) is 0 Å². The third kappa shape index (κ3) is 1.01. The Morgan fingerprint density at radius 2 is 2.25 bits per heavy atom. The van der Waals surface area contributed by atoms with Crippen LogP contribution in [0.25, 0.3) is 0 Å². The van der Waals surface area contributed by atoms with E-state index < -0.39 is 0 Å². The van der Waals surface area contributed by atoms with Crippen molar-refractivity contribution in [2.45, 2.75) is 11.9 Å². The molecule has 0 bridgehead atoms. The lowest BCUT2D eigenvalue weighted by Crippen LogP contribution is -2.43. The van der Waals surface area contributed by atoms with Crippen LogP contribution in [0.2, 0.25) is 0 Å². The van der Waals surface area contributed by atoms with Crippen LogP contribution in [0.3, 0.4) is 0 Å². The van der Waals surface area contributed by atoms with Crippen molar-refractivity contribution in [3.8, 4) is 0 Å². The van der Waals surface area contributed by atoms with Gasteiger partial charge < -0.3 is 4.79 Å². The molecule has 0 N–H and O–H groups in total. The van der Waals surface area contributed by atoms with Gasteiger partial charge in [-0.3, -0.25) is 4.90 Å². The van der Waals surface area contributed by atoms with E-state index in [0.717, 1.165) is 19.4 Å². The molecular formula is C5H8ClNO. The zero-order chi connectivity index (χ0) is 5.98. The van der Waals surface area contributed by atoms with E-state index in [1.807, 2.05) is 4.90 Å². The highest BCUT2D eigenvalue weighted by Gasteiger charge is 2.20. The molecule has 0 aromatic rings. The van der Waals surface area contributed by atoms with Gasteiger partial charge in [-0.05, 0) is 6.42 Å². The third-order valence-corrected chi connectivity index (χ3v) is 1.73. The normalized spacial score (nSPS) is 24.1. The molecule has 1 aliphatic rings. The van der Waals surface area contributed by atoms with Gasteiger partial charge in [-0.25, -0.2) is 0 Å². The molecule has 0 radical (unpaired) electrons. The molecule has 0 aromatic heterocycles. The zero-order valence-corrected chi connectivity index (χ0v) is 5.27. The van der Waals surface area contributed by atoms with Crippen molar-refractivity contribution in [3.63, 3.8) is 0 Å². The average Bonchev–Trinajstić information content (AvgIpc) is 1.62. The third-order valence-electron chi connectivity index (χ3n) is 1.35. The molecule has 1 rings (SSSR count). The first-order valence-electron chi connectivity index (χ1n) is 2.68. The van der Waals surface area contributed by atoms with E-state index in [4.69, 9.17) is 11.6 Å². The summed E-state index contributed by atoms with van der Waals surface area (Å²) in [5.41, 5.74) is -0.372. The van der Waals surface area contributed by atoms with Gasteiger partial charge >= 0.3 is 0 Å². The van der Waals surface area contributed by atoms with Crippen LogP contribution >= 0.6 is 11.6 Å². The van der Waals surface area contributed by atoms with Crippen LogP contribution in [0.4, 0.5) is 0 Å². The minimum atomic E-state index is -0.372. The van der Waals surface area contributed by atoms with Crippen molar-refractivity contribution in [2.24, 2.45) is 0 Å². The molecule has 8 heavy (non-hydrogen) atoms. The van der Waals surface area contributed by atoms with Gasteiger partial charge in [0.15, 0.2) is 6.29 Å². The fourth-order valence-electron chi connectivity index (χ4n) is 0.673. The summed E-state index contributed by atoms with van der Waals surface area (Å²) in [5.74, 6) is 0. The van der Waals surface area contributed by atoms with E-state index in [9.17, 15) is 4.79 Å². The number of hydrogen-bond donors (Lipinski definition) is 0. The summed E-state index contributed by atoms with van der Waals surface area (Å²) in [5, 5.41) is 0. The predicted molar refractivity (Wildman–Crippen MR) is 31.9 cm³/mol. The second-order valence-electron chi connectivity index (χ2n) is 1.90. The molecule has 0 aliphatic carbocycles. The maximum absolute atomic E-state index is 9.97. The SMILES string of the molecule is O=C[C@H](Cl)N1CCC1. The van der Waals surface area contributed by atoms with E-state index in [0.29, 0.717) is 0 Å². The van der Waals surface area contributed by atoms with Gasteiger partial charge in [-0.2, -0.15) is 0 Å². The molecule has 1 heterocycles. The van der Waals surface area contributed by atoms with Gasteiger partial charge in [0.1, 0.15) is 5.50 Å². The van der Waals surface area contributed by atoms with Gasteiger partial charge in [-0.1, -0.05) is 11.6 Å². The Hall–Kier alpha value is -0.0800. The van der Waals surface area contributed by atoms with Crippen molar-refractivity contribution in [3.05, 3.63) is 0 Å². The number of halogens is 1. The Bertz CT molecular complexity index is 92.4. The number of alkyl halides is 1. The Morgan fingerprint density at radius 1 is 1.62 bits per heavy atom. The van der Waals surface area contributed by atoms with E-state index in [2.05, 4.69) is 0 Å². The van der Waals surface area contributed by atoms with E-state index in [1.165, 1.54) is 6.42 Å². The molecule has 0 aromatic carbocycles. The quantitative estimate of drug-likeness (QED) is 0.310. The van der Waals surface area contributed by atoms with Crippen LogP contribution in [0.15, 0.2) is 0 Å². The lowest BCUT2D eigenvalue weighted by Gasteiger charge is -2.31. The minimum Gasteiger partial charge on any atom is -0.300 e. The fraction of sp³-hybridized carbons (Fsp3) is 0.800. The van der Waals surface area contributed by atoms with Crippen molar-refractivity contribution < 1.29 is 4.79 Å². The summed E-state index contributed by atoms with van der Waals surface area (Å²) >= 11 is 5.52. The van der Waals surface area contributed by atoms with Crippen LogP contribution in [0, 0.1) is 0 Å². The van der Waals surface area contributed by atoms with Crippen LogP contribution < -0.4 is 0 Å². The molecule has 1 saturated heterocycles. The average molecular weight is 134 g/mol. The van der Waals surface area contributed by atoms with E-state index in [1.54, 1.807) is 0 Å². The summed E-state index contributed by atoms with van der Waals surface area (Å²) in [6.07, 6.45) is 1.94. The van der Waals surface area contributed by atoms with Crippen molar-refractivity contribution in [1.82, 2.24) is 4.90 Å². The summed E-state index contributed by atoms with van der Waals surface area (Å²) < 4.78 is 0. The maximum Gasteiger partial charge on any atom is 0.152 e. The second-order valence-corrected chi connectivity index (χ2v) is 2.35. The smallest absolute Gasteiger partial charge is 0.152 e. The van der Waals surface area contributed by atoms with Crippen molar-refractivity contribution >= 4 is 17.9 Å². The highest BCUT2D eigenvalue weighted by molar-refractivity contribution is 6.27. The molecule has 0 spiro atoms. The number of rotatable bonds is 2. The Balaban J connectivity index is 2.22. The van der Waals surface area contributed by atoms with E-state index in [-0.39, 0.29) is 5.50 Å². The highest BCUT2D eigenvalue weighted by Crippen LogP contribution is 2.11. The Kier molecular flexibility index (Phi) is 1.86. The standard InChI is InChI=1S/C5H8ClNO/c6-5(4-8)7-2-1-3-7/h4-5H,1-3H2/t5-/m1/s1. The summed E-state index contributed by atoms with van der Waals surface area (Å²) in [7, 11) is 0.